The van der Waals surface area contributed by atoms with E-state index in [1.807, 2.05) is 21.8 Å². The number of benzene rings is 1. The standard InChI is InChI=1S/C17H14FN7/c18-14-3-1-11(2-4-14)8-25-15-10-24(9-13(15)7-22-25)17-21-6-12(5-19)16(20)23-17/h1-4,6-7H,8-10H2,(H2,20,21,23). The van der Waals surface area contributed by atoms with E-state index in [0.717, 1.165) is 16.8 Å². The van der Waals surface area contributed by atoms with Crippen molar-refractivity contribution in [3.8, 4) is 6.07 Å². The normalized spacial score (nSPS) is 12.9. The predicted molar refractivity (Wildman–Crippen MR) is 88.8 cm³/mol. The molecular weight excluding hydrogens is 321 g/mol. The Kier molecular flexibility index (Phi) is 3.54. The lowest BCUT2D eigenvalue weighted by Gasteiger charge is -2.16. The molecule has 124 valence electrons. The van der Waals surface area contributed by atoms with E-state index in [0.29, 0.717) is 25.6 Å². The van der Waals surface area contributed by atoms with Gasteiger partial charge in [0.05, 0.1) is 31.2 Å². The minimum atomic E-state index is -0.254. The van der Waals surface area contributed by atoms with Gasteiger partial charge >= 0.3 is 0 Å². The molecule has 0 bridgehead atoms. The quantitative estimate of drug-likeness (QED) is 0.784. The summed E-state index contributed by atoms with van der Waals surface area (Å²) in [5.74, 6) is 0.411. The third-order valence-corrected chi connectivity index (χ3v) is 4.19. The van der Waals surface area contributed by atoms with Crippen LogP contribution in [0, 0.1) is 17.1 Å². The fourth-order valence-electron chi connectivity index (χ4n) is 2.87. The van der Waals surface area contributed by atoms with E-state index in [2.05, 4.69) is 15.1 Å². The molecule has 8 heteroatoms. The molecule has 4 rings (SSSR count). The second-order valence-corrected chi connectivity index (χ2v) is 5.84. The van der Waals surface area contributed by atoms with Crippen molar-refractivity contribution in [3.63, 3.8) is 0 Å². The number of anilines is 2. The first-order chi connectivity index (χ1) is 12.1. The van der Waals surface area contributed by atoms with Gasteiger partial charge in [0.25, 0.3) is 0 Å². The molecule has 7 nitrogen and oxygen atoms in total. The number of hydrogen-bond acceptors (Lipinski definition) is 6. The van der Waals surface area contributed by atoms with E-state index >= 15 is 0 Å². The van der Waals surface area contributed by atoms with Gasteiger partial charge in [-0.1, -0.05) is 12.1 Å². The van der Waals surface area contributed by atoms with Crippen LogP contribution in [0.2, 0.25) is 0 Å². The van der Waals surface area contributed by atoms with E-state index in [1.54, 1.807) is 12.1 Å². The summed E-state index contributed by atoms with van der Waals surface area (Å²) in [6.45, 7) is 1.80. The van der Waals surface area contributed by atoms with Gasteiger partial charge in [0.1, 0.15) is 23.3 Å². The SMILES string of the molecule is N#Cc1cnc(N2Cc3cnn(Cc4ccc(F)cc4)c3C2)nc1N. The molecule has 0 fully saturated rings. The third kappa shape index (κ3) is 2.76. The highest BCUT2D eigenvalue weighted by Gasteiger charge is 2.26. The summed E-state index contributed by atoms with van der Waals surface area (Å²) in [5, 5.41) is 13.3. The second kappa shape index (κ2) is 5.87. The van der Waals surface area contributed by atoms with E-state index in [-0.39, 0.29) is 17.2 Å². The van der Waals surface area contributed by atoms with Crippen LogP contribution in [0.5, 0.6) is 0 Å². The van der Waals surface area contributed by atoms with Gasteiger partial charge in [0.15, 0.2) is 0 Å². The Morgan fingerprint density at radius 2 is 2.00 bits per heavy atom. The number of hydrogen-bond donors (Lipinski definition) is 1. The Hall–Kier alpha value is -3.47. The Bertz CT molecular complexity index is 972. The van der Waals surface area contributed by atoms with Gasteiger partial charge in [0.2, 0.25) is 5.95 Å². The number of rotatable bonds is 3. The van der Waals surface area contributed by atoms with Crippen LogP contribution in [0.1, 0.15) is 22.4 Å². The monoisotopic (exact) mass is 335 g/mol. The molecule has 1 aromatic carbocycles. The molecule has 0 atom stereocenters. The van der Waals surface area contributed by atoms with E-state index in [4.69, 9.17) is 11.0 Å². The average Bonchev–Trinajstić information content (AvgIpc) is 3.19. The number of nitrogen functional groups attached to an aromatic ring is 1. The lowest BCUT2D eigenvalue weighted by Crippen LogP contribution is -2.20. The second-order valence-electron chi connectivity index (χ2n) is 5.84. The molecule has 0 unspecified atom stereocenters. The van der Waals surface area contributed by atoms with Crippen LogP contribution in [-0.4, -0.2) is 19.7 Å². The summed E-state index contributed by atoms with van der Waals surface area (Å²) in [7, 11) is 0. The maximum Gasteiger partial charge on any atom is 0.228 e. The minimum Gasteiger partial charge on any atom is -0.382 e. The average molecular weight is 335 g/mol. The fourth-order valence-corrected chi connectivity index (χ4v) is 2.87. The van der Waals surface area contributed by atoms with Crippen molar-refractivity contribution in [1.82, 2.24) is 19.7 Å². The molecule has 0 aliphatic carbocycles. The molecule has 2 aromatic heterocycles. The highest BCUT2D eigenvalue weighted by molar-refractivity contribution is 5.51. The minimum absolute atomic E-state index is 0.177. The number of halogens is 1. The number of aromatic nitrogens is 4. The molecule has 0 radical (unpaired) electrons. The van der Waals surface area contributed by atoms with Crippen LogP contribution >= 0.6 is 0 Å². The molecular formula is C17H14FN7. The molecule has 1 aliphatic heterocycles. The molecule has 0 spiro atoms. The Labute approximate surface area is 143 Å². The van der Waals surface area contributed by atoms with Crippen molar-refractivity contribution >= 4 is 11.8 Å². The molecule has 2 N–H and O–H groups in total. The maximum atomic E-state index is 13.0. The largest absolute Gasteiger partial charge is 0.382 e. The molecule has 25 heavy (non-hydrogen) atoms. The van der Waals surface area contributed by atoms with Crippen LogP contribution in [0.3, 0.4) is 0 Å². The fraction of sp³-hybridized carbons (Fsp3) is 0.176. The van der Waals surface area contributed by atoms with Crippen LogP contribution in [0.4, 0.5) is 16.2 Å². The topological polar surface area (TPSA) is 96.6 Å². The number of fused-ring (bicyclic) bond motifs is 1. The van der Waals surface area contributed by atoms with Gasteiger partial charge in [0, 0.05) is 12.1 Å². The summed E-state index contributed by atoms with van der Waals surface area (Å²) in [6, 6.07) is 8.34. The van der Waals surface area contributed by atoms with Gasteiger partial charge < -0.3 is 10.6 Å². The zero-order chi connectivity index (χ0) is 17.4. The first-order valence-electron chi connectivity index (χ1n) is 7.69. The zero-order valence-electron chi connectivity index (χ0n) is 13.2. The number of nitriles is 1. The summed E-state index contributed by atoms with van der Waals surface area (Å²) < 4.78 is 14.9. The van der Waals surface area contributed by atoms with Crippen molar-refractivity contribution in [2.45, 2.75) is 19.6 Å². The maximum absolute atomic E-state index is 13.0. The molecule has 1 aliphatic rings. The van der Waals surface area contributed by atoms with Gasteiger partial charge in [-0.25, -0.2) is 9.37 Å². The molecule has 0 saturated heterocycles. The summed E-state index contributed by atoms with van der Waals surface area (Å²) in [6.07, 6.45) is 3.26. The van der Waals surface area contributed by atoms with Crippen molar-refractivity contribution in [2.75, 3.05) is 10.6 Å². The smallest absolute Gasteiger partial charge is 0.228 e. The number of nitrogens with two attached hydrogens (primary N) is 1. The van der Waals surface area contributed by atoms with Crippen molar-refractivity contribution in [1.29, 1.82) is 5.26 Å². The summed E-state index contributed by atoms with van der Waals surface area (Å²) in [4.78, 5) is 10.4. The molecule has 3 aromatic rings. The van der Waals surface area contributed by atoms with Crippen molar-refractivity contribution in [3.05, 3.63) is 64.9 Å². The van der Waals surface area contributed by atoms with Crippen molar-refractivity contribution < 1.29 is 4.39 Å². The molecule has 0 amide bonds. The first-order valence-corrected chi connectivity index (χ1v) is 7.69. The van der Waals surface area contributed by atoms with Gasteiger partial charge in [-0.05, 0) is 17.7 Å². The van der Waals surface area contributed by atoms with Crippen LogP contribution in [0.15, 0.2) is 36.7 Å². The molecule has 3 heterocycles. The van der Waals surface area contributed by atoms with Crippen LogP contribution in [0.25, 0.3) is 0 Å². The predicted octanol–water partition coefficient (Wildman–Crippen LogP) is 1.83. The highest BCUT2D eigenvalue weighted by Crippen LogP contribution is 2.27. The highest BCUT2D eigenvalue weighted by atomic mass is 19.1. The summed E-state index contributed by atoms with van der Waals surface area (Å²) >= 11 is 0. The summed E-state index contributed by atoms with van der Waals surface area (Å²) in [5.41, 5.74) is 9.18. The number of nitrogens with zero attached hydrogens (tertiary/aromatic N) is 6. The Morgan fingerprint density at radius 1 is 1.20 bits per heavy atom. The Balaban J connectivity index is 1.55. The van der Waals surface area contributed by atoms with Gasteiger partial charge in [-0.3, -0.25) is 4.68 Å². The van der Waals surface area contributed by atoms with Gasteiger partial charge in [-0.15, -0.1) is 0 Å². The molecule has 0 saturated carbocycles. The van der Waals surface area contributed by atoms with Crippen molar-refractivity contribution in [2.24, 2.45) is 0 Å². The first kappa shape index (κ1) is 15.1. The lowest BCUT2D eigenvalue weighted by molar-refractivity contribution is 0.620. The third-order valence-electron chi connectivity index (χ3n) is 4.19. The van der Waals surface area contributed by atoms with E-state index < -0.39 is 0 Å². The zero-order valence-corrected chi connectivity index (χ0v) is 13.2. The lowest BCUT2D eigenvalue weighted by atomic mass is 10.2. The van der Waals surface area contributed by atoms with E-state index in [9.17, 15) is 4.39 Å². The van der Waals surface area contributed by atoms with Crippen LogP contribution in [-0.2, 0) is 19.6 Å². The van der Waals surface area contributed by atoms with E-state index in [1.165, 1.54) is 18.3 Å². The van der Waals surface area contributed by atoms with Crippen LogP contribution < -0.4 is 10.6 Å². The van der Waals surface area contributed by atoms with Gasteiger partial charge in [-0.2, -0.15) is 15.3 Å². The Morgan fingerprint density at radius 3 is 2.72 bits per heavy atom.